The Morgan fingerprint density at radius 1 is 0.929 bits per heavy atom. The van der Waals surface area contributed by atoms with E-state index in [1.165, 1.54) is 6.07 Å². The summed E-state index contributed by atoms with van der Waals surface area (Å²) in [5.41, 5.74) is 4.44. The van der Waals surface area contributed by atoms with Crippen molar-refractivity contribution in [3.05, 3.63) is 36.4 Å². The van der Waals surface area contributed by atoms with Crippen molar-refractivity contribution in [2.45, 2.75) is 21.6 Å². The third-order valence-corrected chi connectivity index (χ3v) is 8.62. The molecule has 0 bridgehead atoms. The molecular formula is C20H21N3O15S4. The highest BCUT2D eigenvalue weighted by Gasteiger charge is 2.22. The van der Waals surface area contributed by atoms with Gasteiger partial charge >= 0.3 is 0 Å². The van der Waals surface area contributed by atoms with Crippen molar-refractivity contribution in [2.24, 2.45) is 0 Å². The maximum absolute atomic E-state index is 12.7. The van der Waals surface area contributed by atoms with Crippen LogP contribution in [0.25, 0.3) is 10.8 Å². The number of amides is 1. The summed E-state index contributed by atoms with van der Waals surface area (Å²) in [7, 11) is -8.72. The van der Waals surface area contributed by atoms with Crippen LogP contribution in [-0.2, 0) is 47.7 Å². The van der Waals surface area contributed by atoms with Gasteiger partial charge in [-0.05, 0) is 41.8 Å². The highest BCUT2D eigenvalue weighted by atomic mass is 32.2. The second kappa shape index (κ2) is 14.4. The summed E-state index contributed by atoms with van der Waals surface area (Å²) < 4.78 is 71.6. The first kappa shape index (κ1) is 33.4. The molecule has 8 N–H and O–H groups in total. The zero-order chi connectivity index (χ0) is 31.1. The van der Waals surface area contributed by atoms with Crippen LogP contribution in [0.5, 0.6) is 11.5 Å². The molecule has 18 nitrogen and oxygen atoms in total. The number of carbonyl (C=O) groups is 1. The Morgan fingerprint density at radius 2 is 1.62 bits per heavy atom. The average molecular weight is 672 g/mol. The van der Waals surface area contributed by atoms with E-state index in [2.05, 4.69) is 34.9 Å². The molecule has 0 atom stereocenters. The standard InChI is InChI=1S/C20H21N3O15S4/c1-10(24)21-15-9-13(42(31,32)33)6-11-7-17(39-37-35-27)19(20(26)18(11)15)23-22-14-8-12(2-3-16(14)25)41(29,30)5-4-34-40-38-36-28/h2-3,6-9,22-23,25-28H,4-5H2,1H3,(H,21,24)(H,31,32,33). The molecule has 0 aromatic heterocycles. The molecule has 0 aliphatic heterocycles. The van der Waals surface area contributed by atoms with Gasteiger partial charge in [0, 0.05) is 12.3 Å². The van der Waals surface area contributed by atoms with Gasteiger partial charge in [-0.15, -0.1) is 8.67 Å². The zero-order valence-electron chi connectivity index (χ0n) is 20.8. The minimum Gasteiger partial charge on any atom is -0.506 e. The molecule has 3 aromatic carbocycles. The number of hydrogen-bond acceptors (Lipinski definition) is 18. The molecule has 0 aliphatic rings. The maximum Gasteiger partial charge on any atom is 0.294 e. The molecule has 22 heteroatoms. The third-order valence-electron chi connectivity index (χ3n) is 5.10. The molecule has 3 aromatic rings. The quantitative estimate of drug-likeness (QED) is 0.0288. The molecule has 3 rings (SSSR count). The lowest BCUT2D eigenvalue weighted by Crippen LogP contribution is -2.14. The first-order valence-electron chi connectivity index (χ1n) is 10.9. The zero-order valence-corrected chi connectivity index (χ0v) is 24.1. The van der Waals surface area contributed by atoms with Crippen molar-refractivity contribution in [3.63, 3.8) is 0 Å². The van der Waals surface area contributed by atoms with E-state index in [1.54, 1.807) is 0 Å². The van der Waals surface area contributed by atoms with Gasteiger partial charge in [0.25, 0.3) is 10.1 Å². The number of phenolic OH excluding ortho intramolecular Hbond substituents is 2. The first-order valence-corrected chi connectivity index (χ1v) is 15.4. The minimum absolute atomic E-state index is 0.0202. The fraction of sp³-hybridized carbons (Fsp3) is 0.150. The number of hydrazine groups is 1. The van der Waals surface area contributed by atoms with Crippen LogP contribution in [0.3, 0.4) is 0 Å². The van der Waals surface area contributed by atoms with Gasteiger partial charge < -0.3 is 15.5 Å². The molecule has 0 saturated carbocycles. The van der Waals surface area contributed by atoms with Crippen LogP contribution in [0.2, 0.25) is 0 Å². The number of nitrogens with one attached hydrogen (secondary N) is 3. The number of carbonyl (C=O) groups excluding carboxylic acids is 1. The largest absolute Gasteiger partial charge is 0.506 e. The number of phenols is 2. The van der Waals surface area contributed by atoms with Gasteiger partial charge in [-0.3, -0.25) is 24.4 Å². The van der Waals surface area contributed by atoms with Gasteiger partial charge in [0.15, 0.2) is 27.9 Å². The van der Waals surface area contributed by atoms with Crippen LogP contribution in [0.15, 0.2) is 51.1 Å². The SMILES string of the molecule is CC(=O)Nc1cc(S(=O)(=O)O)cc2cc(SOOO)c(NNc3cc(S(=O)(=O)CCOSOOO)ccc3O)c(O)c12. The van der Waals surface area contributed by atoms with Crippen molar-refractivity contribution in [3.8, 4) is 11.5 Å². The van der Waals surface area contributed by atoms with Crippen LogP contribution in [0.1, 0.15) is 6.92 Å². The molecule has 0 saturated heterocycles. The van der Waals surface area contributed by atoms with E-state index in [9.17, 15) is 36.4 Å². The second-order valence-electron chi connectivity index (χ2n) is 7.83. The highest BCUT2D eigenvalue weighted by molar-refractivity contribution is 7.94. The fourth-order valence-electron chi connectivity index (χ4n) is 3.41. The van der Waals surface area contributed by atoms with Crippen LogP contribution < -0.4 is 16.2 Å². The van der Waals surface area contributed by atoms with Crippen molar-refractivity contribution < 1.29 is 69.8 Å². The molecule has 0 aliphatic carbocycles. The second-order valence-corrected chi connectivity index (χ2v) is 12.6. The predicted octanol–water partition coefficient (Wildman–Crippen LogP) is 3.10. The Kier molecular flexibility index (Phi) is 11.4. The lowest BCUT2D eigenvalue weighted by Gasteiger charge is -2.19. The van der Waals surface area contributed by atoms with Gasteiger partial charge in [-0.25, -0.2) is 18.9 Å². The summed E-state index contributed by atoms with van der Waals surface area (Å²) in [6.07, 6.45) is 0. The van der Waals surface area contributed by atoms with E-state index in [4.69, 9.17) is 14.7 Å². The van der Waals surface area contributed by atoms with Crippen LogP contribution in [0.4, 0.5) is 17.1 Å². The molecule has 0 unspecified atom stereocenters. The van der Waals surface area contributed by atoms with Crippen LogP contribution in [-0.4, -0.2) is 60.4 Å². The summed E-state index contributed by atoms with van der Waals surface area (Å²) in [6, 6.07) is 6.36. The Labute approximate surface area is 245 Å². The minimum atomic E-state index is -4.75. The molecular weight excluding hydrogens is 650 g/mol. The van der Waals surface area contributed by atoms with E-state index < -0.39 is 48.0 Å². The predicted molar refractivity (Wildman–Crippen MR) is 146 cm³/mol. The van der Waals surface area contributed by atoms with Gasteiger partial charge in [0.1, 0.15) is 11.4 Å². The lowest BCUT2D eigenvalue weighted by atomic mass is 10.1. The van der Waals surface area contributed by atoms with Gasteiger partial charge in [-0.1, -0.05) is 10.1 Å². The van der Waals surface area contributed by atoms with Crippen molar-refractivity contribution in [2.75, 3.05) is 28.5 Å². The summed E-state index contributed by atoms with van der Waals surface area (Å²) in [6.45, 7) is 0.749. The molecule has 0 heterocycles. The average Bonchev–Trinajstić information content (AvgIpc) is 2.90. The summed E-state index contributed by atoms with van der Waals surface area (Å²) in [4.78, 5) is 10.8. The number of hydrogen-bond donors (Lipinski definition) is 8. The molecule has 230 valence electrons. The Bertz CT molecular complexity index is 1670. The van der Waals surface area contributed by atoms with Crippen LogP contribution in [0, 0.1) is 0 Å². The van der Waals surface area contributed by atoms with E-state index in [1.807, 2.05) is 0 Å². The summed E-state index contributed by atoms with van der Waals surface area (Å²) in [5, 5.41) is 47.2. The first-order chi connectivity index (χ1) is 19.8. The van der Waals surface area contributed by atoms with E-state index in [0.29, 0.717) is 12.0 Å². The van der Waals surface area contributed by atoms with Gasteiger partial charge in [0.2, 0.25) is 5.91 Å². The topological polar surface area (TPSA) is 269 Å². The number of aromatic hydroxyl groups is 2. The fourth-order valence-corrected chi connectivity index (χ4v) is 5.90. The smallest absolute Gasteiger partial charge is 0.294 e. The van der Waals surface area contributed by atoms with Gasteiger partial charge in [0.05, 0.1) is 50.5 Å². The number of anilines is 3. The van der Waals surface area contributed by atoms with Crippen LogP contribution >= 0.6 is 24.4 Å². The lowest BCUT2D eigenvalue weighted by molar-refractivity contribution is -0.434. The summed E-state index contributed by atoms with van der Waals surface area (Å²) >= 11 is 0.518. The number of benzene rings is 3. The molecule has 42 heavy (non-hydrogen) atoms. The highest BCUT2D eigenvalue weighted by Crippen LogP contribution is 2.45. The van der Waals surface area contributed by atoms with E-state index in [0.717, 1.165) is 37.3 Å². The Morgan fingerprint density at radius 3 is 2.26 bits per heavy atom. The van der Waals surface area contributed by atoms with Gasteiger partial charge in [-0.2, -0.15) is 8.42 Å². The number of sulfone groups is 1. The normalized spacial score (nSPS) is 11.9. The molecule has 0 fully saturated rings. The summed E-state index contributed by atoms with van der Waals surface area (Å²) in [5.74, 6) is -2.23. The van der Waals surface area contributed by atoms with Crippen molar-refractivity contribution >= 4 is 78.1 Å². The van der Waals surface area contributed by atoms with E-state index >= 15 is 0 Å². The van der Waals surface area contributed by atoms with E-state index in [-0.39, 0.29) is 56.6 Å². The Balaban J connectivity index is 2.03. The Hall–Kier alpha value is -3.13. The van der Waals surface area contributed by atoms with Crippen molar-refractivity contribution in [1.29, 1.82) is 0 Å². The molecule has 1 amide bonds. The number of rotatable bonds is 15. The molecule has 0 spiro atoms. The van der Waals surface area contributed by atoms with Crippen molar-refractivity contribution in [1.82, 2.24) is 0 Å². The maximum atomic E-state index is 12.7. The monoisotopic (exact) mass is 671 g/mol. The number of fused-ring (bicyclic) bond motifs is 1. The molecule has 0 radical (unpaired) electrons. The third kappa shape index (κ3) is 8.46.